The van der Waals surface area contributed by atoms with Crippen molar-refractivity contribution in [2.24, 2.45) is 5.73 Å². The molecule has 0 aliphatic rings. The van der Waals surface area contributed by atoms with Crippen molar-refractivity contribution < 1.29 is 18.0 Å². The number of amides is 1. The predicted octanol–water partition coefficient (Wildman–Crippen LogP) is 1.57. The Morgan fingerprint density at radius 2 is 1.67 bits per heavy atom. The summed E-state index contributed by atoms with van der Waals surface area (Å²) in [5, 5.41) is 2.27. The van der Waals surface area contributed by atoms with E-state index in [-0.39, 0.29) is 0 Å². The first-order chi connectivity index (χ1) is 6.44. The van der Waals surface area contributed by atoms with E-state index in [2.05, 4.69) is 5.32 Å². The number of hydrogen-bond acceptors (Lipinski definition) is 2. The summed E-state index contributed by atoms with van der Waals surface area (Å²) in [4.78, 5) is 11.3. The van der Waals surface area contributed by atoms with E-state index >= 15 is 0 Å². The van der Waals surface area contributed by atoms with Crippen LogP contribution in [0.3, 0.4) is 0 Å². The fourth-order valence-electron chi connectivity index (χ4n) is 0.654. The van der Waals surface area contributed by atoms with Crippen molar-refractivity contribution in [1.82, 2.24) is 5.32 Å². The molecule has 3 nitrogen and oxygen atoms in total. The molecule has 0 aromatic carbocycles. The van der Waals surface area contributed by atoms with E-state index in [0.29, 0.717) is 13.3 Å². The van der Waals surface area contributed by atoms with Gasteiger partial charge >= 0.3 is 6.18 Å². The molecule has 0 rings (SSSR count). The Morgan fingerprint density at radius 1 is 1.27 bits per heavy atom. The van der Waals surface area contributed by atoms with Crippen molar-refractivity contribution in [3.05, 3.63) is 0 Å². The second-order valence-corrected chi connectivity index (χ2v) is 4.39. The summed E-state index contributed by atoms with van der Waals surface area (Å²) in [5.41, 5.74) is 1.42. The lowest BCUT2D eigenvalue weighted by molar-refractivity contribution is -0.188. The summed E-state index contributed by atoms with van der Waals surface area (Å²) in [5.74, 6) is -1.21. The lowest BCUT2D eigenvalue weighted by atomic mass is 9.97. The van der Waals surface area contributed by atoms with Crippen molar-refractivity contribution in [3.8, 4) is 0 Å². The Kier molecular flexibility index (Phi) is 3.79. The first kappa shape index (κ1) is 14.2. The van der Waals surface area contributed by atoms with Gasteiger partial charge in [-0.25, -0.2) is 0 Å². The monoisotopic (exact) mass is 226 g/mol. The van der Waals surface area contributed by atoms with E-state index < -0.39 is 23.2 Å². The summed E-state index contributed by atoms with van der Waals surface area (Å²) in [6.45, 7) is 5.70. The molecule has 0 bridgehead atoms. The van der Waals surface area contributed by atoms with E-state index in [9.17, 15) is 18.0 Å². The Labute approximate surface area is 87.2 Å². The van der Waals surface area contributed by atoms with E-state index in [4.69, 9.17) is 5.73 Å². The highest BCUT2D eigenvalue weighted by Gasteiger charge is 2.54. The SMILES string of the molecule is CCC(C)(C)NC(=O)C(C)(N)C(F)(F)F. The number of carbonyl (C=O) groups is 1. The minimum atomic E-state index is -4.75. The maximum Gasteiger partial charge on any atom is 0.415 e. The van der Waals surface area contributed by atoms with Crippen molar-refractivity contribution in [2.45, 2.75) is 51.4 Å². The number of nitrogens with two attached hydrogens (primary N) is 1. The molecule has 90 valence electrons. The lowest BCUT2D eigenvalue weighted by Crippen LogP contribution is -2.64. The number of alkyl halides is 3. The van der Waals surface area contributed by atoms with Crippen LogP contribution in [0.25, 0.3) is 0 Å². The van der Waals surface area contributed by atoms with Gasteiger partial charge in [0.1, 0.15) is 0 Å². The molecule has 0 aromatic heterocycles. The average Bonchev–Trinajstić information content (AvgIpc) is 2.01. The normalized spacial score (nSPS) is 17.1. The third-order valence-corrected chi connectivity index (χ3v) is 2.40. The molecule has 15 heavy (non-hydrogen) atoms. The van der Waals surface area contributed by atoms with Gasteiger partial charge in [0.15, 0.2) is 5.54 Å². The maximum absolute atomic E-state index is 12.4. The second kappa shape index (κ2) is 4.00. The Bertz CT molecular complexity index is 246. The number of carbonyl (C=O) groups excluding carboxylic acids is 1. The first-order valence-electron chi connectivity index (χ1n) is 4.62. The van der Waals surface area contributed by atoms with Gasteiger partial charge in [0, 0.05) is 5.54 Å². The van der Waals surface area contributed by atoms with Crippen LogP contribution in [-0.2, 0) is 4.79 Å². The molecular formula is C9H17F3N2O. The second-order valence-electron chi connectivity index (χ2n) is 4.39. The van der Waals surface area contributed by atoms with Gasteiger partial charge in [-0.15, -0.1) is 0 Å². The van der Waals surface area contributed by atoms with Gasteiger partial charge in [0.05, 0.1) is 0 Å². The molecule has 3 N–H and O–H groups in total. The number of halogens is 3. The molecular weight excluding hydrogens is 209 g/mol. The number of nitrogens with one attached hydrogen (secondary N) is 1. The van der Waals surface area contributed by atoms with Gasteiger partial charge in [-0.05, 0) is 27.2 Å². The van der Waals surface area contributed by atoms with Crippen LogP contribution in [0.5, 0.6) is 0 Å². The van der Waals surface area contributed by atoms with Gasteiger partial charge in [0.25, 0.3) is 0 Å². The third-order valence-electron chi connectivity index (χ3n) is 2.40. The van der Waals surface area contributed by atoms with E-state index in [0.717, 1.165) is 0 Å². The highest BCUT2D eigenvalue weighted by atomic mass is 19.4. The zero-order valence-corrected chi connectivity index (χ0v) is 9.33. The number of hydrogen-bond donors (Lipinski definition) is 2. The van der Waals surface area contributed by atoms with Crippen LogP contribution in [0.4, 0.5) is 13.2 Å². The summed E-state index contributed by atoms with van der Waals surface area (Å²) in [6, 6.07) is 0. The fourth-order valence-corrected chi connectivity index (χ4v) is 0.654. The molecule has 0 heterocycles. The average molecular weight is 226 g/mol. The standard InChI is InChI=1S/C9H17F3N2O/c1-5-7(2,3)14-6(15)8(4,13)9(10,11)12/h5,13H2,1-4H3,(H,14,15). The van der Waals surface area contributed by atoms with Crippen LogP contribution in [0.1, 0.15) is 34.1 Å². The van der Waals surface area contributed by atoms with Gasteiger partial charge in [0.2, 0.25) is 5.91 Å². The molecule has 1 unspecified atom stereocenters. The quantitative estimate of drug-likeness (QED) is 0.767. The van der Waals surface area contributed by atoms with Crippen LogP contribution in [0.15, 0.2) is 0 Å². The molecule has 0 aliphatic carbocycles. The number of rotatable bonds is 3. The zero-order valence-electron chi connectivity index (χ0n) is 9.33. The van der Waals surface area contributed by atoms with Gasteiger partial charge in [-0.2, -0.15) is 13.2 Å². The van der Waals surface area contributed by atoms with E-state index in [1.807, 2.05) is 0 Å². The van der Waals surface area contributed by atoms with Crippen molar-refractivity contribution >= 4 is 5.91 Å². The van der Waals surface area contributed by atoms with Crippen molar-refractivity contribution in [2.75, 3.05) is 0 Å². The van der Waals surface area contributed by atoms with Crippen LogP contribution in [-0.4, -0.2) is 23.2 Å². The predicted molar refractivity (Wildman–Crippen MR) is 51.2 cm³/mol. The summed E-state index contributed by atoms with van der Waals surface area (Å²) in [7, 11) is 0. The maximum atomic E-state index is 12.4. The van der Waals surface area contributed by atoms with Crippen molar-refractivity contribution in [1.29, 1.82) is 0 Å². The molecule has 0 fully saturated rings. The molecule has 0 saturated carbocycles. The van der Waals surface area contributed by atoms with Gasteiger partial charge in [-0.3, -0.25) is 4.79 Å². The van der Waals surface area contributed by atoms with Gasteiger partial charge in [-0.1, -0.05) is 6.92 Å². The minimum Gasteiger partial charge on any atom is -0.349 e. The molecule has 0 aromatic rings. The van der Waals surface area contributed by atoms with Gasteiger partial charge < -0.3 is 11.1 Å². The zero-order chi connectivity index (χ0) is 12.5. The molecule has 6 heteroatoms. The molecule has 0 aliphatic heterocycles. The molecule has 1 atom stereocenters. The first-order valence-corrected chi connectivity index (χ1v) is 4.62. The topological polar surface area (TPSA) is 55.1 Å². The highest BCUT2D eigenvalue weighted by molar-refractivity contribution is 5.87. The molecule has 0 saturated heterocycles. The van der Waals surface area contributed by atoms with E-state index in [1.54, 1.807) is 20.8 Å². The highest BCUT2D eigenvalue weighted by Crippen LogP contribution is 2.28. The van der Waals surface area contributed by atoms with Crippen LogP contribution in [0, 0.1) is 0 Å². The fraction of sp³-hybridized carbons (Fsp3) is 0.889. The van der Waals surface area contributed by atoms with Crippen LogP contribution in [0.2, 0.25) is 0 Å². The van der Waals surface area contributed by atoms with Crippen LogP contribution >= 0.6 is 0 Å². The smallest absolute Gasteiger partial charge is 0.349 e. The Balaban J connectivity index is 4.74. The molecule has 0 spiro atoms. The van der Waals surface area contributed by atoms with E-state index in [1.165, 1.54) is 0 Å². The molecule has 0 radical (unpaired) electrons. The Morgan fingerprint density at radius 3 is 1.93 bits per heavy atom. The minimum absolute atomic E-state index is 0.521. The summed E-state index contributed by atoms with van der Waals surface area (Å²) in [6.07, 6.45) is -4.23. The van der Waals surface area contributed by atoms with Crippen LogP contribution < -0.4 is 11.1 Å². The molecule has 1 amide bonds. The van der Waals surface area contributed by atoms with Crippen molar-refractivity contribution in [3.63, 3.8) is 0 Å². The summed E-state index contributed by atoms with van der Waals surface area (Å²) >= 11 is 0. The Hall–Kier alpha value is -0.780. The lowest BCUT2D eigenvalue weighted by Gasteiger charge is -2.32. The summed E-state index contributed by atoms with van der Waals surface area (Å²) < 4.78 is 37.1. The largest absolute Gasteiger partial charge is 0.415 e. The third kappa shape index (κ3) is 3.37.